The molecule has 0 aromatic heterocycles. The van der Waals surface area contributed by atoms with Gasteiger partial charge in [-0.05, 0) is 65.5 Å². The summed E-state index contributed by atoms with van der Waals surface area (Å²) < 4.78 is 0. The van der Waals surface area contributed by atoms with Crippen molar-refractivity contribution in [3.8, 4) is 17.2 Å². The predicted octanol–water partition coefficient (Wildman–Crippen LogP) is 6.93. The van der Waals surface area contributed by atoms with Crippen LogP contribution in [-0.2, 0) is 4.79 Å². The summed E-state index contributed by atoms with van der Waals surface area (Å²) in [7, 11) is 0. The molecule has 0 aliphatic rings. The van der Waals surface area contributed by atoms with Gasteiger partial charge in [-0.15, -0.1) is 0 Å². The van der Waals surface area contributed by atoms with E-state index in [0.29, 0.717) is 17.8 Å². The van der Waals surface area contributed by atoms with Crippen LogP contribution in [0.5, 0.6) is 17.2 Å². The number of amides is 1. The number of benzene rings is 2. The first-order chi connectivity index (χ1) is 16.2. The van der Waals surface area contributed by atoms with Gasteiger partial charge in [0.2, 0.25) is 6.41 Å². The van der Waals surface area contributed by atoms with Crippen LogP contribution >= 0.6 is 0 Å². The van der Waals surface area contributed by atoms with Crippen LogP contribution in [0, 0.1) is 0 Å². The van der Waals surface area contributed by atoms with Gasteiger partial charge >= 0.3 is 0 Å². The molecule has 34 heavy (non-hydrogen) atoms. The summed E-state index contributed by atoms with van der Waals surface area (Å²) in [5.74, 6) is -0.408. The van der Waals surface area contributed by atoms with Crippen LogP contribution in [-0.4, -0.2) is 28.3 Å². The molecule has 2 aromatic carbocycles. The second-order valence-corrected chi connectivity index (χ2v) is 8.72. The fourth-order valence-corrected chi connectivity index (χ4v) is 3.46. The predicted molar refractivity (Wildman–Crippen MR) is 140 cm³/mol. The maximum Gasteiger partial charge on any atom is 0.214 e. The van der Waals surface area contributed by atoms with E-state index < -0.39 is 0 Å². The number of allylic oxidation sites excluding steroid dienone is 5. The van der Waals surface area contributed by atoms with Crippen molar-refractivity contribution in [1.29, 1.82) is 0 Å². The van der Waals surface area contributed by atoms with Crippen molar-refractivity contribution >= 4 is 23.5 Å². The highest BCUT2D eigenvalue weighted by Gasteiger charge is 2.17. The molecular weight excluding hydrogens is 428 g/mol. The second-order valence-electron chi connectivity index (χ2n) is 8.72. The van der Waals surface area contributed by atoms with E-state index in [0.717, 1.165) is 31.3 Å². The molecule has 0 spiro atoms. The van der Waals surface area contributed by atoms with Crippen LogP contribution in [0.4, 0.5) is 17.1 Å². The molecule has 0 saturated carbocycles. The highest BCUT2D eigenvalue weighted by molar-refractivity contribution is 5.90. The van der Waals surface area contributed by atoms with Gasteiger partial charge in [-0.1, -0.05) is 47.1 Å². The van der Waals surface area contributed by atoms with Crippen molar-refractivity contribution in [2.45, 2.75) is 53.4 Å². The minimum atomic E-state index is -0.237. The number of hydrogen-bond acceptors (Lipinski definition) is 5. The summed E-state index contributed by atoms with van der Waals surface area (Å²) >= 11 is 0. The molecule has 1 amide bonds. The Hall–Kier alpha value is -3.67. The Kier molecular flexibility index (Phi) is 10.3. The number of carbonyl (C=O) groups is 1. The lowest BCUT2D eigenvalue weighted by molar-refractivity contribution is -0.107. The van der Waals surface area contributed by atoms with E-state index in [9.17, 15) is 20.1 Å². The monoisotopic (exact) mass is 464 g/mol. The van der Waals surface area contributed by atoms with Gasteiger partial charge in [0.05, 0.1) is 11.4 Å². The molecule has 0 heterocycles. The van der Waals surface area contributed by atoms with Gasteiger partial charge in [-0.2, -0.15) is 0 Å². The van der Waals surface area contributed by atoms with E-state index >= 15 is 0 Å². The average Bonchev–Trinajstić information content (AvgIpc) is 2.77. The molecule has 6 heteroatoms. The smallest absolute Gasteiger partial charge is 0.214 e. The van der Waals surface area contributed by atoms with Gasteiger partial charge in [0.15, 0.2) is 0 Å². The number of hydrogen-bond donors (Lipinski definition) is 4. The first kappa shape index (κ1) is 26.6. The molecule has 6 nitrogen and oxygen atoms in total. The largest absolute Gasteiger partial charge is 0.508 e. The highest BCUT2D eigenvalue weighted by Crippen LogP contribution is 2.41. The molecule has 4 N–H and O–H groups in total. The molecule has 0 saturated heterocycles. The fraction of sp³-hybridized carbons (Fsp3) is 0.321. The average molecular weight is 465 g/mol. The Balaban J connectivity index is 2.11. The Morgan fingerprint density at radius 2 is 1.53 bits per heavy atom. The van der Waals surface area contributed by atoms with Gasteiger partial charge in [0.1, 0.15) is 22.9 Å². The number of carbonyl (C=O) groups excluding carboxylic acids is 1. The first-order valence-electron chi connectivity index (χ1n) is 11.5. The summed E-state index contributed by atoms with van der Waals surface area (Å²) in [6.45, 7) is 8.67. The molecule has 0 aliphatic heterocycles. The zero-order valence-corrected chi connectivity index (χ0v) is 20.5. The van der Waals surface area contributed by atoms with Crippen LogP contribution in [0.3, 0.4) is 0 Å². The number of para-hydroxylation sites is 2. The zero-order chi connectivity index (χ0) is 25.1. The highest BCUT2D eigenvalue weighted by atomic mass is 16.3. The van der Waals surface area contributed by atoms with Crippen molar-refractivity contribution in [3.05, 3.63) is 71.3 Å². The molecule has 0 aliphatic carbocycles. The van der Waals surface area contributed by atoms with Crippen LogP contribution in [0.2, 0.25) is 0 Å². The number of anilines is 3. The Morgan fingerprint density at radius 1 is 0.882 bits per heavy atom. The summed E-state index contributed by atoms with van der Waals surface area (Å²) in [4.78, 5) is 13.3. The third-order valence-electron chi connectivity index (χ3n) is 5.44. The number of phenols is 3. The van der Waals surface area contributed by atoms with E-state index in [4.69, 9.17) is 0 Å². The second kappa shape index (κ2) is 13.1. The number of rotatable bonds is 12. The van der Waals surface area contributed by atoms with E-state index in [1.165, 1.54) is 34.2 Å². The van der Waals surface area contributed by atoms with Crippen molar-refractivity contribution in [1.82, 2.24) is 0 Å². The van der Waals surface area contributed by atoms with Gasteiger partial charge < -0.3 is 25.5 Å². The van der Waals surface area contributed by atoms with Gasteiger partial charge in [0, 0.05) is 18.7 Å². The lowest BCUT2D eigenvalue weighted by Gasteiger charge is -2.22. The normalized spacial score (nSPS) is 11.8. The standard InChI is InChI=1S/C28H36N2O4/c1-20(2)9-7-10-21(3)11-8-12-22(4)15-16-30(19-31)25-17-23(32)18-27(34)28(25)29-24-13-5-6-14-26(24)33/h5-6,9,11,13-15,17-19,29,32-34H,7-8,10,12,16H2,1-4H3/b21-11+,22-15+. The van der Waals surface area contributed by atoms with Gasteiger partial charge in [-0.3, -0.25) is 4.79 Å². The van der Waals surface area contributed by atoms with E-state index in [1.807, 2.05) is 13.0 Å². The topological polar surface area (TPSA) is 93.0 Å². The maximum atomic E-state index is 11.9. The molecular formula is C28H36N2O4. The molecule has 2 rings (SSSR count). The third-order valence-corrected chi connectivity index (χ3v) is 5.44. The van der Waals surface area contributed by atoms with E-state index in [1.54, 1.807) is 18.2 Å². The minimum absolute atomic E-state index is 0.00137. The zero-order valence-electron chi connectivity index (χ0n) is 20.5. The molecule has 0 fully saturated rings. The molecule has 0 bridgehead atoms. The molecule has 2 aromatic rings. The van der Waals surface area contributed by atoms with Crippen LogP contribution in [0.1, 0.15) is 53.4 Å². The number of aromatic hydroxyl groups is 3. The summed E-state index contributed by atoms with van der Waals surface area (Å²) in [5.41, 5.74) is 4.73. The summed E-state index contributed by atoms with van der Waals surface area (Å²) in [6, 6.07) is 9.17. The summed E-state index contributed by atoms with van der Waals surface area (Å²) in [5, 5.41) is 33.5. The SMILES string of the molecule is CC(C)=CCC/C(C)=C/CC/C(C)=C/CN(C=O)c1cc(O)cc(O)c1Nc1ccccc1O. The Labute approximate surface area is 202 Å². The lowest BCUT2D eigenvalue weighted by atomic mass is 10.1. The fourth-order valence-electron chi connectivity index (χ4n) is 3.46. The number of phenolic OH excluding ortho intramolecular Hbond substituents is 3. The quantitative estimate of drug-likeness (QED) is 0.118. The van der Waals surface area contributed by atoms with E-state index in [-0.39, 0.29) is 29.5 Å². The van der Waals surface area contributed by atoms with Crippen LogP contribution in [0.25, 0.3) is 0 Å². The van der Waals surface area contributed by atoms with Crippen LogP contribution in [0.15, 0.2) is 71.3 Å². The Morgan fingerprint density at radius 3 is 2.18 bits per heavy atom. The van der Waals surface area contributed by atoms with Gasteiger partial charge in [-0.25, -0.2) is 0 Å². The molecule has 182 valence electrons. The van der Waals surface area contributed by atoms with Crippen molar-refractivity contribution < 1.29 is 20.1 Å². The maximum absolute atomic E-state index is 11.9. The lowest BCUT2D eigenvalue weighted by Crippen LogP contribution is -2.22. The molecule has 0 unspecified atom stereocenters. The summed E-state index contributed by atoms with van der Waals surface area (Å²) in [6.07, 6.45) is 11.0. The van der Waals surface area contributed by atoms with E-state index in [2.05, 4.69) is 38.2 Å². The number of nitrogens with one attached hydrogen (secondary N) is 1. The minimum Gasteiger partial charge on any atom is -0.508 e. The number of nitrogens with zero attached hydrogens (tertiary/aromatic N) is 1. The van der Waals surface area contributed by atoms with Crippen molar-refractivity contribution in [2.24, 2.45) is 0 Å². The van der Waals surface area contributed by atoms with Crippen LogP contribution < -0.4 is 10.2 Å². The van der Waals surface area contributed by atoms with Gasteiger partial charge in [0.25, 0.3) is 0 Å². The Bertz CT molecular complexity index is 1070. The molecule has 0 atom stereocenters. The van der Waals surface area contributed by atoms with Crippen molar-refractivity contribution in [3.63, 3.8) is 0 Å². The van der Waals surface area contributed by atoms with Crippen molar-refractivity contribution in [2.75, 3.05) is 16.8 Å². The first-order valence-corrected chi connectivity index (χ1v) is 11.5. The third kappa shape index (κ3) is 8.35. The molecule has 0 radical (unpaired) electrons.